The second kappa shape index (κ2) is 37.0. The molecule has 0 bridgehead atoms. The summed E-state index contributed by atoms with van der Waals surface area (Å²) in [6, 6.07) is -8.33. The summed E-state index contributed by atoms with van der Waals surface area (Å²) in [5.41, 5.74) is 21.1. The second-order valence-corrected chi connectivity index (χ2v) is 21.2. The number of quaternary nitrogens is 1. The van der Waals surface area contributed by atoms with Gasteiger partial charge in [-0.05, 0) is 69.4 Å². The summed E-state index contributed by atoms with van der Waals surface area (Å²) in [6.07, 6.45) is -0.272. The molecule has 1 heterocycles. The number of amides is 11. The SMILES string of the molecule is CC[C@H](C)[C@H](NC(=O)[C@@H](NC(=O)[C@H](CO)NC(=O)[C@@H](NC(=O)[C@H](CCCCNC(C)=O)NC(=O)[C@H](Cc1c[nH]c2ccccc12)NC(=O)[C@H](CCC[NH+]=C(N)N)NC(=O)[C@H](CO)NC(=O)[C@H](CC(N)=O)NC(=O)[C@H](C)[NH3+])[C@@H](C)O)[C@@H](C)CC)C(=O)O. The minimum absolute atomic E-state index is 0.0608. The van der Waals surface area contributed by atoms with Gasteiger partial charge >= 0.3 is 11.9 Å². The monoisotopic (exact) mass is 1220 g/mol. The normalized spacial score (nSPS) is 15.7. The molecule has 0 saturated carbocycles. The number of hydrogen-bond donors (Lipinski definition) is 20. The summed E-state index contributed by atoms with van der Waals surface area (Å²) < 4.78 is 0. The Kier molecular flexibility index (Phi) is 31.7. The number of rotatable bonds is 39. The van der Waals surface area contributed by atoms with Crippen molar-refractivity contribution in [1.29, 1.82) is 0 Å². The fourth-order valence-electron chi connectivity index (χ4n) is 8.55. The van der Waals surface area contributed by atoms with E-state index in [0.717, 1.165) is 6.92 Å². The zero-order valence-electron chi connectivity index (χ0n) is 49.7. The molecule has 0 aliphatic carbocycles. The number of unbranched alkanes of at least 4 members (excludes halogenated alkanes) is 1. The number of primary amides is 1. The maximum atomic E-state index is 14.8. The number of nitrogens with two attached hydrogens (primary N) is 3. The number of benzene rings is 1. The molecule has 2 aromatic rings. The minimum Gasteiger partial charge on any atom is -0.480 e. The van der Waals surface area contributed by atoms with Crippen LogP contribution in [0.15, 0.2) is 30.5 Å². The minimum atomic E-state index is -1.88. The van der Waals surface area contributed by atoms with E-state index in [1.165, 1.54) is 13.8 Å². The summed E-state index contributed by atoms with van der Waals surface area (Å²) in [7, 11) is 0. The number of carboxylic acid groups (broad SMARTS) is 1. The number of aromatic amines is 1. The Balaban J connectivity index is 2.60. The number of aliphatic hydroxyl groups is 3. The number of aromatic nitrogens is 1. The van der Waals surface area contributed by atoms with Gasteiger partial charge in [0.1, 0.15) is 54.4 Å². The molecule has 32 heteroatoms. The van der Waals surface area contributed by atoms with Gasteiger partial charge in [-0.15, -0.1) is 0 Å². The molecule has 32 nitrogen and oxygen atoms in total. The molecule has 0 aliphatic rings. The van der Waals surface area contributed by atoms with E-state index in [1.807, 2.05) is 0 Å². The van der Waals surface area contributed by atoms with Crippen LogP contribution in [0, 0.1) is 11.8 Å². The summed E-state index contributed by atoms with van der Waals surface area (Å²) in [4.78, 5) is 166. The fraction of sp³-hybridized carbons (Fsp3) is 0.611. The molecular weight excluding hydrogens is 1130 g/mol. The number of guanidine groups is 1. The Morgan fingerprint density at radius 2 is 1.03 bits per heavy atom. The van der Waals surface area contributed by atoms with Crippen molar-refractivity contribution in [2.45, 2.75) is 173 Å². The number of aliphatic hydroxyl groups excluding tert-OH is 3. The van der Waals surface area contributed by atoms with Gasteiger partial charge in [-0.25, -0.2) is 4.79 Å². The predicted molar refractivity (Wildman–Crippen MR) is 309 cm³/mol. The third-order valence-corrected chi connectivity index (χ3v) is 14.0. The Bertz CT molecular complexity index is 2680. The van der Waals surface area contributed by atoms with E-state index >= 15 is 0 Å². The van der Waals surface area contributed by atoms with Gasteiger partial charge in [-0.2, -0.15) is 0 Å². The van der Waals surface area contributed by atoms with Gasteiger partial charge in [-0.1, -0.05) is 58.7 Å². The number of carboxylic acids is 1. The van der Waals surface area contributed by atoms with E-state index in [-0.39, 0.29) is 63.5 Å². The lowest BCUT2D eigenvalue weighted by Gasteiger charge is -2.30. The number of aliphatic carboxylic acids is 1. The molecule has 0 aliphatic heterocycles. The summed E-state index contributed by atoms with van der Waals surface area (Å²) in [6.45, 7) is 8.62. The Labute approximate surface area is 497 Å². The number of carbonyl (C=O) groups excluding carboxylic acids is 11. The molecular formula is C54H90N16O16+2. The van der Waals surface area contributed by atoms with Gasteiger partial charge in [0.15, 0.2) is 6.04 Å². The van der Waals surface area contributed by atoms with Crippen molar-refractivity contribution in [2.24, 2.45) is 29.0 Å². The summed E-state index contributed by atoms with van der Waals surface area (Å²) >= 11 is 0. The lowest BCUT2D eigenvalue weighted by atomic mass is 9.95. The van der Waals surface area contributed by atoms with Crippen LogP contribution in [0.2, 0.25) is 0 Å². The third kappa shape index (κ3) is 24.6. The van der Waals surface area contributed by atoms with Crippen LogP contribution < -0.4 is 81.1 Å². The van der Waals surface area contributed by atoms with Gasteiger partial charge in [0.2, 0.25) is 59.1 Å². The number of H-pyrrole nitrogens is 1. The van der Waals surface area contributed by atoms with Crippen molar-refractivity contribution >= 4 is 87.8 Å². The molecule has 13 atom stereocenters. The first-order valence-corrected chi connectivity index (χ1v) is 28.4. The molecule has 480 valence electrons. The van der Waals surface area contributed by atoms with E-state index < -0.39 is 163 Å². The van der Waals surface area contributed by atoms with Crippen molar-refractivity contribution in [1.82, 2.24) is 58.2 Å². The van der Waals surface area contributed by atoms with Gasteiger partial charge in [-0.3, -0.25) is 69.2 Å². The van der Waals surface area contributed by atoms with Crippen molar-refractivity contribution in [2.75, 3.05) is 26.3 Å². The maximum Gasteiger partial charge on any atom is 0.338 e. The van der Waals surface area contributed by atoms with Gasteiger partial charge in [0.25, 0.3) is 5.91 Å². The van der Waals surface area contributed by atoms with E-state index in [4.69, 9.17) is 17.2 Å². The molecule has 0 spiro atoms. The standard InChI is InChI=1S/C54H88N16O16/c1-8-26(3)41(51(83)69-42(53(85)86)27(4)9-2)68-50(82)39(25-72)67-52(84)43(29(6)73)70-46(78)34(17-12-13-19-59-30(7)74)62-47(79)36(21-31-23-61-33-16-11-10-15-32(31)33)65-45(77)35(18-14-20-60-54(57)58)63-49(81)38(24-71)66-48(80)37(22-40(56)75)64-44(76)28(5)55/h10-11,15-16,23,26-29,34-39,41-43,61,71-73H,8-9,12-14,17-22,24-25,55H2,1-7H3,(H2,56,75)(H,59,74)(H,62,79)(H,63,81)(H,64,76)(H,65,77)(H,66,80)(H,67,84)(H,68,82)(H,69,83)(H,70,78)(H,85,86)(H4,57,58,60)/p+2/t26-,27-,28-,29+,34-,35-,36-,37-,38-,39-,41-,42-,43-/m0/s1. The van der Waals surface area contributed by atoms with Crippen LogP contribution in [-0.4, -0.2) is 195 Å². The number of nitrogens with one attached hydrogen (secondary N) is 12. The van der Waals surface area contributed by atoms with E-state index in [1.54, 1.807) is 58.2 Å². The zero-order valence-corrected chi connectivity index (χ0v) is 49.7. The van der Waals surface area contributed by atoms with Gasteiger partial charge < -0.3 is 90.0 Å². The fourth-order valence-corrected chi connectivity index (χ4v) is 8.55. The van der Waals surface area contributed by atoms with Crippen molar-refractivity contribution < 1.29 is 88.7 Å². The first-order valence-electron chi connectivity index (χ1n) is 28.4. The number of fused-ring (bicyclic) bond motifs is 1. The second-order valence-electron chi connectivity index (χ2n) is 21.2. The average molecular weight is 1220 g/mol. The highest BCUT2D eigenvalue weighted by atomic mass is 16.4. The van der Waals surface area contributed by atoms with Crippen molar-refractivity contribution in [3.63, 3.8) is 0 Å². The predicted octanol–water partition coefficient (Wildman–Crippen LogP) is -8.44. The van der Waals surface area contributed by atoms with E-state index in [9.17, 15) is 78.0 Å². The van der Waals surface area contributed by atoms with Gasteiger partial charge in [0, 0.05) is 37.0 Å². The van der Waals surface area contributed by atoms with E-state index in [2.05, 4.69) is 68.9 Å². The zero-order chi connectivity index (χ0) is 65.0. The van der Waals surface area contributed by atoms with Crippen LogP contribution in [0.3, 0.4) is 0 Å². The molecule has 25 N–H and O–H groups in total. The molecule has 1 aromatic heterocycles. The molecule has 0 saturated heterocycles. The molecule has 1 aromatic carbocycles. The lowest BCUT2D eigenvalue weighted by Crippen LogP contribution is -2.78. The van der Waals surface area contributed by atoms with Crippen LogP contribution in [0.25, 0.3) is 10.9 Å². The van der Waals surface area contributed by atoms with Crippen molar-refractivity contribution in [3.8, 4) is 0 Å². The highest BCUT2D eigenvalue weighted by molar-refractivity contribution is 5.99. The molecule has 0 radical (unpaired) electrons. The maximum absolute atomic E-state index is 14.8. The highest BCUT2D eigenvalue weighted by Crippen LogP contribution is 2.20. The van der Waals surface area contributed by atoms with Crippen LogP contribution >= 0.6 is 0 Å². The van der Waals surface area contributed by atoms with Gasteiger partial charge in [0.05, 0.1) is 32.3 Å². The quantitative estimate of drug-likeness (QED) is 0.0168. The molecule has 0 unspecified atom stereocenters. The van der Waals surface area contributed by atoms with E-state index in [0.29, 0.717) is 29.3 Å². The largest absolute Gasteiger partial charge is 0.480 e. The topological polar surface area (TPSA) is 542 Å². The lowest BCUT2D eigenvalue weighted by molar-refractivity contribution is -0.459. The summed E-state index contributed by atoms with van der Waals surface area (Å²) in [5, 5.41) is 66.5. The number of carbonyl (C=O) groups is 12. The van der Waals surface area contributed by atoms with Crippen LogP contribution in [0.4, 0.5) is 0 Å². The average Bonchev–Trinajstić information content (AvgIpc) is 2.46. The molecule has 11 amide bonds. The smallest absolute Gasteiger partial charge is 0.338 e. The first kappa shape index (κ1) is 73.6. The molecule has 86 heavy (non-hydrogen) atoms. The third-order valence-electron chi connectivity index (χ3n) is 14.0. The first-order chi connectivity index (χ1) is 40.5. The molecule has 2 rings (SSSR count). The van der Waals surface area contributed by atoms with Crippen molar-refractivity contribution in [3.05, 3.63) is 36.0 Å². The Hall–Kier alpha value is -8.49. The van der Waals surface area contributed by atoms with Crippen LogP contribution in [-0.2, 0) is 64.0 Å². The molecule has 0 fully saturated rings. The Morgan fingerprint density at radius 3 is 1.57 bits per heavy atom. The Morgan fingerprint density at radius 1 is 0.581 bits per heavy atom. The highest BCUT2D eigenvalue weighted by Gasteiger charge is 2.38. The summed E-state index contributed by atoms with van der Waals surface area (Å²) in [5.74, 6) is -13.0. The van der Waals surface area contributed by atoms with Crippen LogP contribution in [0.5, 0.6) is 0 Å². The number of para-hydroxylation sites is 1. The van der Waals surface area contributed by atoms with Crippen LogP contribution in [0.1, 0.15) is 105 Å². The number of hydrogen-bond acceptors (Lipinski definition) is 15.